The lowest BCUT2D eigenvalue weighted by molar-refractivity contribution is 1.07. The number of para-hydroxylation sites is 1. The zero-order chi connectivity index (χ0) is 13.0. The summed E-state index contributed by atoms with van der Waals surface area (Å²) in [5, 5.41) is 0. The normalized spacial score (nSPS) is 9.94. The Kier molecular flexibility index (Phi) is 4.56. The van der Waals surface area contributed by atoms with Crippen molar-refractivity contribution in [2.45, 2.75) is 41.0 Å². The van der Waals surface area contributed by atoms with E-state index < -0.39 is 0 Å². The van der Waals surface area contributed by atoms with Crippen LogP contribution >= 0.6 is 0 Å². The number of hydrogen-bond donors (Lipinski definition) is 1. The Morgan fingerprint density at radius 2 is 1.53 bits per heavy atom. The summed E-state index contributed by atoms with van der Waals surface area (Å²) in [6.07, 6.45) is 0.923. The highest BCUT2D eigenvalue weighted by Gasteiger charge is 2.07. The first-order valence-electron chi connectivity index (χ1n) is 6.07. The number of rotatable bonds is 3. The van der Waals surface area contributed by atoms with Crippen LogP contribution < -0.4 is 5.73 Å². The third kappa shape index (κ3) is 3.48. The number of allylic oxidation sites excluding steroid dienone is 4. The van der Waals surface area contributed by atoms with Gasteiger partial charge in [-0.3, -0.25) is 0 Å². The lowest BCUT2D eigenvalue weighted by Crippen LogP contribution is -2.00. The van der Waals surface area contributed by atoms with Crippen LogP contribution in [0.15, 0.2) is 46.6 Å². The molecular formula is C16H23N. The maximum atomic E-state index is 6.01. The molecule has 0 atom stereocenters. The van der Waals surface area contributed by atoms with Crippen molar-refractivity contribution in [2.24, 2.45) is 0 Å². The topological polar surface area (TPSA) is 26.0 Å². The molecule has 1 heteroatoms. The zero-order valence-electron chi connectivity index (χ0n) is 11.6. The SMILES string of the molecule is CC(C)=C(C)C(Cc1ccccc1N)=C(C)C. The minimum atomic E-state index is 0.882. The Labute approximate surface area is 105 Å². The highest BCUT2D eigenvalue weighted by atomic mass is 14.6. The Morgan fingerprint density at radius 3 is 2.00 bits per heavy atom. The second-order valence-electron chi connectivity index (χ2n) is 4.98. The van der Waals surface area contributed by atoms with E-state index in [1.54, 1.807) is 0 Å². The molecule has 1 aromatic carbocycles. The summed E-state index contributed by atoms with van der Waals surface area (Å²) < 4.78 is 0. The molecule has 92 valence electrons. The first-order valence-corrected chi connectivity index (χ1v) is 6.07. The molecule has 17 heavy (non-hydrogen) atoms. The molecule has 0 bridgehead atoms. The molecule has 0 spiro atoms. The Morgan fingerprint density at radius 1 is 0.941 bits per heavy atom. The van der Waals surface area contributed by atoms with Crippen molar-refractivity contribution in [1.82, 2.24) is 0 Å². The Bertz CT molecular complexity index is 456. The number of nitrogen functional groups attached to an aromatic ring is 1. The van der Waals surface area contributed by atoms with Crippen LogP contribution in [0.5, 0.6) is 0 Å². The van der Waals surface area contributed by atoms with E-state index in [1.807, 2.05) is 18.2 Å². The van der Waals surface area contributed by atoms with E-state index in [1.165, 1.54) is 27.9 Å². The summed E-state index contributed by atoms with van der Waals surface area (Å²) in [4.78, 5) is 0. The summed E-state index contributed by atoms with van der Waals surface area (Å²) in [6.45, 7) is 10.8. The van der Waals surface area contributed by atoms with Crippen molar-refractivity contribution in [2.75, 3.05) is 5.73 Å². The molecule has 1 rings (SSSR count). The number of nitrogens with two attached hydrogens (primary N) is 1. The van der Waals surface area contributed by atoms with Crippen molar-refractivity contribution < 1.29 is 0 Å². The van der Waals surface area contributed by atoms with Gasteiger partial charge in [-0.15, -0.1) is 0 Å². The predicted octanol–water partition coefficient (Wildman–Crippen LogP) is 4.50. The molecular weight excluding hydrogens is 206 g/mol. The van der Waals surface area contributed by atoms with Gasteiger partial charge in [0.25, 0.3) is 0 Å². The van der Waals surface area contributed by atoms with E-state index >= 15 is 0 Å². The molecule has 0 unspecified atom stereocenters. The average molecular weight is 229 g/mol. The first-order chi connectivity index (χ1) is 7.93. The third-order valence-corrected chi connectivity index (χ3v) is 3.23. The van der Waals surface area contributed by atoms with Gasteiger partial charge in [0.15, 0.2) is 0 Å². The lowest BCUT2D eigenvalue weighted by Gasteiger charge is -2.14. The van der Waals surface area contributed by atoms with Crippen molar-refractivity contribution in [3.8, 4) is 0 Å². The van der Waals surface area contributed by atoms with Gasteiger partial charge in [-0.05, 0) is 63.8 Å². The third-order valence-electron chi connectivity index (χ3n) is 3.23. The summed E-state index contributed by atoms with van der Waals surface area (Å²) in [5.41, 5.74) is 13.6. The van der Waals surface area contributed by atoms with E-state index in [0.29, 0.717) is 0 Å². The van der Waals surface area contributed by atoms with E-state index in [-0.39, 0.29) is 0 Å². The van der Waals surface area contributed by atoms with Crippen molar-refractivity contribution in [3.05, 3.63) is 52.1 Å². The van der Waals surface area contributed by atoms with Crippen molar-refractivity contribution in [3.63, 3.8) is 0 Å². The summed E-state index contributed by atoms with van der Waals surface area (Å²) in [6, 6.07) is 8.10. The molecule has 1 aromatic rings. The standard InChI is InChI=1S/C16H23N/c1-11(2)13(5)15(12(3)4)10-14-8-6-7-9-16(14)17/h6-9H,10,17H2,1-5H3. The van der Waals surface area contributed by atoms with Gasteiger partial charge in [0.2, 0.25) is 0 Å². The van der Waals surface area contributed by atoms with Gasteiger partial charge in [0.05, 0.1) is 0 Å². The molecule has 0 aliphatic heterocycles. The molecule has 0 aliphatic carbocycles. The maximum Gasteiger partial charge on any atom is 0.0349 e. The number of anilines is 1. The monoisotopic (exact) mass is 229 g/mol. The van der Waals surface area contributed by atoms with Gasteiger partial charge in [-0.1, -0.05) is 29.3 Å². The molecule has 2 N–H and O–H groups in total. The molecule has 0 fully saturated rings. The van der Waals surface area contributed by atoms with E-state index in [0.717, 1.165) is 12.1 Å². The second kappa shape index (κ2) is 5.72. The van der Waals surface area contributed by atoms with Gasteiger partial charge in [-0.25, -0.2) is 0 Å². The van der Waals surface area contributed by atoms with Crippen LogP contribution in [-0.2, 0) is 6.42 Å². The van der Waals surface area contributed by atoms with Crippen LogP contribution in [0.25, 0.3) is 0 Å². The minimum Gasteiger partial charge on any atom is -0.398 e. The summed E-state index contributed by atoms with van der Waals surface area (Å²) >= 11 is 0. The fourth-order valence-electron chi connectivity index (χ4n) is 1.87. The summed E-state index contributed by atoms with van der Waals surface area (Å²) in [7, 11) is 0. The van der Waals surface area contributed by atoms with Crippen LogP contribution in [0.3, 0.4) is 0 Å². The van der Waals surface area contributed by atoms with Gasteiger partial charge >= 0.3 is 0 Å². The van der Waals surface area contributed by atoms with Crippen LogP contribution in [0.4, 0.5) is 5.69 Å². The Hall–Kier alpha value is -1.50. The molecule has 0 heterocycles. The maximum absolute atomic E-state index is 6.01. The summed E-state index contributed by atoms with van der Waals surface area (Å²) in [5.74, 6) is 0. The van der Waals surface area contributed by atoms with E-state index in [2.05, 4.69) is 40.7 Å². The molecule has 1 nitrogen and oxygen atoms in total. The molecule has 0 amide bonds. The molecule has 0 aromatic heterocycles. The second-order valence-corrected chi connectivity index (χ2v) is 4.98. The highest BCUT2D eigenvalue weighted by Crippen LogP contribution is 2.24. The van der Waals surface area contributed by atoms with Gasteiger partial charge in [-0.2, -0.15) is 0 Å². The smallest absolute Gasteiger partial charge is 0.0349 e. The molecule has 0 radical (unpaired) electrons. The first kappa shape index (κ1) is 13.6. The molecule has 0 aliphatic rings. The number of hydrogen-bond acceptors (Lipinski definition) is 1. The van der Waals surface area contributed by atoms with Crippen LogP contribution in [0, 0.1) is 0 Å². The van der Waals surface area contributed by atoms with E-state index in [9.17, 15) is 0 Å². The average Bonchev–Trinajstić information content (AvgIpc) is 2.26. The zero-order valence-corrected chi connectivity index (χ0v) is 11.6. The lowest BCUT2D eigenvalue weighted by atomic mass is 9.92. The minimum absolute atomic E-state index is 0.882. The largest absolute Gasteiger partial charge is 0.398 e. The van der Waals surface area contributed by atoms with Crippen LogP contribution in [0.2, 0.25) is 0 Å². The molecule has 0 saturated carbocycles. The quantitative estimate of drug-likeness (QED) is 0.599. The van der Waals surface area contributed by atoms with E-state index in [4.69, 9.17) is 5.73 Å². The highest BCUT2D eigenvalue weighted by molar-refractivity contribution is 5.51. The van der Waals surface area contributed by atoms with Crippen LogP contribution in [0.1, 0.15) is 40.2 Å². The van der Waals surface area contributed by atoms with Gasteiger partial charge in [0, 0.05) is 5.69 Å². The predicted molar refractivity (Wildman–Crippen MR) is 77.0 cm³/mol. The molecule has 0 saturated heterocycles. The fraction of sp³-hybridized carbons (Fsp3) is 0.375. The van der Waals surface area contributed by atoms with Crippen molar-refractivity contribution in [1.29, 1.82) is 0 Å². The van der Waals surface area contributed by atoms with Crippen LogP contribution in [-0.4, -0.2) is 0 Å². The van der Waals surface area contributed by atoms with Gasteiger partial charge < -0.3 is 5.73 Å². The number of benzene rings is 1. The fourth-order valence-corrected chi connectivity index (χ4v) is 1.87. The van der Waals surface area contributed by atoms with Gasteiger partial charge in [0.1, 0.15) is 0 Å². The Balaban J connectivity index is 3.12. The van der Waals surface area contributed by atoms with Crippen molar-refractivity contribution >= 4 is 5.69 Å².